The van der Waals surface area contributed by atoms with Gasteiger partial charge in [0.25, 0.3) is 5.91 Å². The van der Waals surface area contributed by atoms with Crippen LogP contribution in [0.25, 0.3) is 11.0 Å². The molecular formula is C26H27N3O2. The third-order valence-corrected chi connectivity index (χ3v) is 5.24. The smallest absolute Gasteiger partial charge is 0.251 e. The minimum Gasteiger partial charge on any atom is -0.494 e. The number of aromatic nitrogens is 2. The van der Waals surface area contributed by atoms with Gasteiger partial charge in [0.1, 0.15) is 11.6 Å². The van der Waals surface area contributed by atoms with Crippen LogP contribution in [0.5, 0.6) is 5.75 Å². The van der Waals surface area contributed by atoms with E-state index in [-0.39, 0.29) is 5.91 Å². The highest BCUT2D eigenvalue weighted by Crippen LogP contribution is 2.17. The van der Waals surface area contributed by atoms with Crippen molar-refractivity contribution in [2.45, 2.75) is 33.4 Å². The Balaban J connectivity index is 1.42. The number of fused-ring (bicyclic) bond motifs is 1. The number of hydrogen-bond acceptors (Lipinski definition) is 3. The number of benzene rings is 3. The summed E-state index contributed by atoms with van der Waals surface area (Å²) in [6.45, 7) is 5.80. The normalized spacial score (nSPS) is 10.9. The lowest BCUT2D eigenvalue weighted by atomic mass is 10.1. The van der Waals surface area contributed by atoms with Crippen LogP contribution in [0.1, 0.15) is 33.7 Å². The van der Waals surface area contributed by atoms with Gasteiger partial charge < -0.3 is 14.6 Å². The molecule has 0 bridgehead atoms. The van der Waals surface area contributed by atoms with E-state index in [1.807, 2.05) is 73.7 Å². The molecule has 31 heavy (non-hydrogen) atoms. The lowest BCUT2D eigenvalue weighted by Gasteiger charge is -2.11. The van der Waals surface area contributed by atoms with Gasteiger partial charge in [0.05, 0.1) is 24.2 Å². The SMILES string of the molecule is Cc1ccc(OCCCn2c(CNC(=O)c3cccc(C)c3)nc3ccccc32)cc1. The van der Waals surface area contributed by atoms with Crippen molar-refractivity contribution in [2.75, 3.05) is 6.61 Å². The van der Waals surface area contributed by atoms with Crippen LogP contribution in [0.4, 0.5) is 0 Å². The Kier molecular flexibility index (Phi) is 6.32. The van der Waals surface area contributed by atoms with E-state index in [0.29, 0.717) is 18.7 Å². The van der Waals surface area contributed by atoms with Gasteiger partial charge >= 0.3 is 0 Å². The predicted octanol–water partition coefficient (Wildman–Crippen LogP) is 5.05. The van der Waals surface area contributed by atoms with Gasteiger partial charge in [0, 0.05) is 12.1 Å². The van der Waals surface area contributed by atoms with Crippen molar-refractivity contribution in [3.05, 3.63) is 95.3 Å². The quantitative estimate of drug-likeness (QED) is 0.411. The highest BCUT2D eigenvalue weighted by atomic mass is 16.5. The highest BCUT2D eigenvalue weighted by molar-refractivity contribution is 5.94. The molecule has 4 rings (SSSR count). The second kappa shape index (κ2) is 9.47. The molecule has 158 valence electrons. The fourth-order valence-corrected chi connectivity index (χ4v) is 3.60. The monoisotopic (exact) mass is 413 g/mol. The Morgan fingerprint density at radius 1 is 0.968 bits per heavy atom. The molecule has 0 unspecified atom stereocenters. The maximum atomic E-state index is 12.6. The molecule has 1 amide bonds. The van der Waals surface area contributed by atoms with Crippen LogP contribution in [0, 0.1) is 13.8 Å². The number of carbonyl (C=O) groups excluding carboxylic acids is 1. The van der Waals surface area contributed by atoms with Gasteiger partial charge in [-0.15, -0.1) is 0 Å². The lowest BCUT2D eigenvalue weighted by Crippen LogP contribution is -2.25. The van der Waals surface area contributed by atoms with Gasteiger partial charge in [0.2, 0.25) is 0 Å². The van der Waals surface area contributed by atoms with Crippen molar-refractivity contribution in [3.63, 3.8) is 0 Å². The zero-order chi connectivity index (χ0) is 21.6. The van der Waals surface area contributed by atoms with E-state index in [1.165, 1.54) is 5.56 Å². The first kappa shape index (κ1) is 20.7. The summed E-state index contributed by atoms with van der Waals surface area (Å²) in [7, 11) is 0. The topological polar surface area (TPSA) is 56.1 Å². The van der Waals surface area contributed by atoms with Gasteiger partial charge in [-0.05, 0) is 56.7 Å². The number of ether oxygens (including phenoxy) is 1. The minimum atomic E-state index is -0.0926. The van der Waals surface area contributed by atoms with Crippen LogP contribution in [0.2, 0.25) is 0 Å². The maximum Gasteiger partial charge on any atom is 0.251 e. The molecule has 5 heteroatoms. The van der Waals surface area contributed by atoms with Gasteiger partial charge in [-0.3, -0.25) is 4.79 Å². The number of amides is 1. The Hall–Kier alpha value is -3.60. The minimum absolute atomic E-state index is 0.0926. The Labute approximate surface area is 182 Å². The third kappa shape index (κ3) is 5.12. The second-order valence-electron chi connectivity index (χ2n) is 7.74. The van der Waals surface area contributed by atoms with Crippen molar-refractivity contribution >= 4 is 16.9 Å². The standard InChI is InChI=1S/C26H27N3O2/c1-19-11-13-22(14-12-19)31-16-6-15-29-24-10-4-3-9-23(24)28-25(29)18-27-26(30)21-8-5-7-20(2)17-21/h3-5,7-14,17H,6,15-16,18H2,1-2H3,(H,27,30). The number of aryl methyl sites for hydroxylation is 3. The van der Waals surface area contributed by atoms with Gasteiger partial charge in [-0.25, -0.2) is 4.98 Å². The van der Waals surface area contributed by atoms with E-state index in [1.54, 1.807) is 0 Å². The van der Waals surface area contributed by atoms with Crippen molar-refractivity contribution < 1.29 is 9.53 Å². The van der Waals surface area contributed by atoms with Crippen LogP contribution >= 0.6 is 0 Å². The summed E-state index contributed by atoms with van der Waals surface area (Å²) in [4.78, 5) is 17.3. The molecule has 0 aliphatic heterocycles. The van der Waals surface area contributed by atoms with Crippen LogP contribution < -0.4 is 10.1 Å². The lowest BCUT2D eigenvalue weighted by molar-refractivity contribution is 0.0949. The molecule has 5 nitrogen and oxygen atoms in total. The number of rotatable bonds is 8. The van der Waals surface area contributed by atoms with E-state index in [2.05, 4.69) is 22.9 Å². The fraction of sp³-hybridized carbons (Fsp3) is 0.231. The average Bonchev–Trinajstić information content (AvgIpc) is 3.14. The molecule has 0 saturated heterocycles. The van der Waals surface area contributed by atoms with E-state index in [0.717, 1.165) is 41.1 Å². The van der Waals surface area contributed by atoms with Crippen molar-refractivity contribution in [1.29, 1.82) is 0 Å². The third-order valence-electron chi connectivity index (χ3n) is 5.24. The van der Waals surface area contributed by atoms with Gasteiger partial charge in [-0.1, -0.05) is 47.5 Å². The summed E-state index contributed by atoms with van der Waals surface area (Å²) in [5.74, 6) is 1.63. The number of imidazole rings is 1. The van der Waals surface area contributed by atoms with Crippen molar-refractivity contribution in [3.8, 4) is 5.75 Å². The number of nitrogens with zero attached hydrogens (tertiary/aromatic N) is 2. The number of para-hydroxylation sites is 2. The Bertz CT molecular complexity index is 1180. The summed E-state index contributed by atoms with van der Waals surface area (Å²) in [5.41, 5.74) is 4.94. The molecule has 3 aromatic carbocycles. The molecule has 0 saturated carbocycles. The molecule has 1 aromatic heterocycles. The van der Waals surface area contributed by atoms with E-state index >= 15 is 0 Å². The summed E-state index contributed by atoms with van der Waals surface area (Å²) < 4.78 is 8.05. The van der Waals surface area contributed by atoms with Crippen LogP contribution in [-0.4, -0.2) is 22.1 Å². The summed E-state index contributed by atoms with van der Waals surface area (Å²) in [6, 6.07) is 23.7. The molecule has 1 N–H and O–H groups in total. The first-order chi connectivity index (χ1) is 15.1. The molecule has 4 aromatic rings. The predicted molar refractivity (Wildman–Crippen MR) is 123 cm³/mol. The number of hydrogen-bond donors (Lipinski definition) is 1. The molecule has 1 heterocycles. The summed E-state index contributed by atoms with van der Waals surface area (Å²) >= 11 is 0. The van der Waals surface area contributed by atoms with Gasteiger partial charge in [0.15, 0.2) is 0 Å². The van der Waals surface area contributed by atoms with E-state index in [9.17, 15) is 4.79 Å². The zero-order valence-corrected chi connectivity index (χ0v) is 18.0. The molecule has 0 aliphatic rings. The first-order valence-electron chi connectivity index (χ1n) is 10.6. The summed E-state index contributed by atoms with van der Waals surface area (Å²) in [6.07, 6.45) is 0.840. The van der Waals surface area contributed by atoms with Crippen molar-refractivity contribution in [2.24, 2.45) is 0 Å². The van der Waals surface area contributed by atoms with E-state index in [4.69, 9.17) is 9.72 Å². The zero-order valence-electron chi connectivity index (χ0n) is 18.0. The Morgan fingerprint density at radius 3 is 2.58 bits per heavy atom. The number of nitrogens with one attached hydrogen (secondary N) is 1. The first-order valence-corrected chi connectivity index (χ1v) is 10.6. The second-order valence-corrected chi connectivity index (χ2v) is 7.74. The summed E-state index contributed by atoms with van der Waals surface area (Å²) in [5, 5.41) is 3.01. The Morgan fingerprint density at radius 2 is 1.77 bits per heavy atom. The van der Waals surface area contributed by atoms with Crippen LogP contribution in [-0.2, 0) is 13.1 Å². The number of carbonyl (C=O) groups is 1. The maximum absolute atomic E-state index is 12.6. The molecule has 0 fully saturated rings. The molecular weight excluding hydrogens is 386 g/mol. The molecule has 0 atom stereocenters. The van der Waals surface area contributed by atoms with Gasteiger partial charge in [-0.2, -0.15) is 0 Å². The average molecular weight is 414 g/mol. The van der Waals surface area contributed by atoms with E-state index < -0.39 is 0 Å². The highest BCUT2D eigenvalue weighted by Gasteiger charge is 2.12. The van der Waals surface area contributed by atoms with Crippen LogP contribution in [0.3, 0.4) is 0 Å². The molecule has 0 aliphatic carbocycles. The van der Waals surface area contributed by atoms with Crippen molar-refractivity contribution in [1.82, 2.24) is 14.9 Å². The largest absolute Gasteiger partial charge is 0.494 e. The van der Waals surface area contributed by atoms with Crippen LogP contribution in [0.15, 0.2) is 72.8 Å². The molecule has 0 spiro atoms. The fourth-order valence-electron chi connectivity index (χ4n) is 3.60. The molecule has 0 radical (unpaired) electrons.